The van der Waals surface area contributed by atoms with E-state index in [2.05, 4.69) is 26.0 Å². The van der Waals surface area contributed by atoms with E-state index in [0.717, 1.165) is 4.47 Å². The number of para-hydroxylation sites is 1. The third kappa shape index (κ3) is 3.69. The lowest BCUT2D eigenvalue weighted by molar-refractivity contribution is 0.102. The Kier molecular flexibility index (Phi) is 4.76. The summed E-state index contributed by atoms with van der Waals surface area (Å²) in [7, 11) is -2.31. The van der Waals surface area contributed by atoms with E-state index >= 15 is 0 Å². The molecule has 2 aromatic rings. The Morgan fingerprint density at radius 1 is 1.05 bits per heavy atom. The molecule has 0 unspecified atom stereocenters. The van der Waals surface area contributed by atoms with Crippen molar-refractivity contribution < 1.29 is 13.2 Å². The number of carbonyl (C=O) groups excluding carboxylic acids is 1. The molecule has 0 atom stereocenters. The summed E-state index contributed by atoms with van der Waals surface area (Å²) in [6.07, 6.45) is 0. The first-order valence-corrected chi connectivity index (χ1v) is 8.31. The van der Waals surface area contributed by atoms with E-state index < -0.39 is 10.0 Å². The smallest absolute Gasteiger partial charge is 0.255 e. The average Bonchev–Trinajstić information content (AvgIpc) is 2.48. The van der Waals surface area contributed by atoms with Crippen LogP contribution in [0.5, 0.6) is 0 Å². The molecule has 0 bridgehead atoms. The number of benzene rings is 2. The first kappa shape index (κ1) is 15.7. The molecule has 5 nitrogen and oxygen atoms in total. The monoisotopic (exact) mass is 368 g/mol. The largest absolute Gasteiger partial charge is 0.321 e. The highest BCUT2D eigenvalue weighted by atomic mass is 79.9. The third-order valence-corrected chi connectivity index (χ3v) is 4.80. The molecule has 21 heavy (non-hydrogen) atoms. The van der Waals surface area contributed by atoms with Gasteiger partial charge in [-0.3, -0.25) is 4.79 Å². The molecular formula is C14H13BrN2O3S. The summed E-state index contributed by atoms with van der Waals surface area (Å²) >= 11 is 3.29. The zero-order valence-corrected chi connectivity index (χ0v) is 13.5. The normalized spacial score (nSPS) is 11.1. The van der Waals surface area contributed by atoms with Crippen molar-refractivity contribution in [1.29, 1.82) is 0 Å². The minimum atomic E-state index is -3.64. The summed E-state index contributed by atoms with van der Waals surface area (Å²) in [5.74, 6) is -0.374. The number of rotatable bonds is 4. The Morgan fingerprint density at radius 2 is 1.67 bits per heavy atom. The van der Waals surface area contributed by atoms with Crippen molar-refractivity contribution in [1.82, 2.24) is 4.72 Å². The van der Waals surface area contributed by atoms with E-state index in [4.69, 9.17) is 0 Å². The molecule has 2 aromatic carbocycles. The molecule has 0 aliphatic heterocycles. The van der Waals surface area contributed by atoms with Crippen LogP contribution in [0.1, 0.15) is 10.4 Å². The maximum Gasteiger partial charge on any atom is 0.255 e. The van der Waals surface area contributed by atoms with Crippen LogP contribution in [0.2, 0.25) is 0 Å². The summed E-state index contributed by atoms with van der Waals surface area (Å²) in [5, 5.41) is 2.61. The molecule has 0 heterocycles. The van der Waals surface area contributed by atoms with Gasteiger partial charge in [0.25, 0.3) is 5.91 Å². The van der Waals surface area contributed by atoms with Crippen molar-refractivity contribution in [2.24, 2.45) is 0 Å². The molecule has 0 fully saturated rings. The number of hydrogen-bond donors (Lipinski definition) is 2. The van der Waals surface area contributed by atoms with Gasteiger partial charge in [-0.25, -0.2) is 13.1 Å². The van der Waals surface area contributed by atoms with E-state index in [1.54, 1.807) is 42.5 Å². The van der Waals surface area contributed by atoms with Crippen molar-refractivity contribution >= 4 is 37.5 Å². The van der Waals surface area contributed by atoms with E-state index in [1.165, 1.54) is 13.1 Å². The molecule has 0 saturated heterocycles. The van der Waals surface area contributed by atoms with Crippen LogP contribution >= 0.6 is 15.9 Å². The SMILES string of the molecule is CNS(=O)(=O)c1ccccc1NC(=O)c1ccc(Br)cc1. The zero-order chi connectivity index (χ0) is 15.5. The molecule has 2 N–H and O–H groups in total. The molecular weight excluding hydrogens is 356 g/mol. The maximum atomic E-state index is 12.2. The predicted octanol–water partition coefficient (Wildman–Crippen LogP) is 2.61. The highest BCUT2D eigenvalue weighted by Gasteiger charge is 2.17. The Labute approximate surface area is 131 Å². The Morgan fingerprint density at radius 3 is 2.29 bits per heavy atom. The second-order valence-corrected chi connectivity index (χ2v) is 6.94. The quantitative estimate of drug-likeness (QED) is 0.870. The average molecular weight is 369 g/mol. The van der Waals surface area contributed by atoms with Gasteiger partial charge in [0.2, 0.25) is 10.0 Å². The number of anilines is 1. The molecule has 7 heteroatoms. The molecule has 0 radical (unpaired) electrons. The van der Waals surface area contributed by atoms with Gasteiger partial charge in [0, 0.05) is 10.0 Å². The number of amides is 1. The van der Waals surface area contributed by atoms with Gasteiger partial charge in [-0.05, 0) is 43.4 Å². The zero-order valence-electron chi connectivity index (χ0n) is 11.1. The first-order valence-electron chi connectivity index (χ1n) is 6.03. The molecule has 0 aromatic heterocycles. The standard InChI is InChI=1S/C14H13BrN2O3S/c1-16-21(19,20)13-5-3-2-4-12(13)17-14(18)10-6-8-11(15)9-7-10/h2-9,16H,1H3,(H,17,18). The number of halogens is 1. The van der Waals surface area contributed by atoms with E-state index in [-0.39, 0.29) is 16.5 Å². The van der Waals surface area contributed by atoms with Crippen LogP contribution in [0.3, 0.4) is 0 Å². The van der Waals surface area contributed by atoms with Gasteiger partial charge in [0.1, 0.15) is 4.90 Å². The second-order valence-electron chi connectivity index (χ2n) is 4.16. The molecule has 110 valence electrons. The molecule has 0 spiro atoms. The lowest BCUT2D eigenvalue weighted by Gasteiger charge is -2.11. The molecule has 0 aliphatic rings. The Bertz CT molecular complexity index is 758. The van der Waals surface area contributed by atoms with Gasteiger partial charge in [0.05, 0.1) is 5.69 Å². The van der Waals surface area contributed by atoms with Crippen LogP contribution in [0, 0.1) is 0 Å². The number of sulfonamides is 1. The van der Waals surface area contributed by atoms with E-state index in [0.29, 0.717) is 5.56 Å². The van der Waals surface area contributed by atoms with E-state index in [1.807, 2.05) is 0 Å². The lowest BCUT2D eigenvalue weighted by atomic mass is 10.2. The predicted molar refractivity (Wildman–Crippen MR) is 84.8 cm³/mol. The molecule has 2 rings (SSSR count). The Hall–Kier alpha value is -1.70. The van der Waals surface area contributed by atoms with Gasteiger partial charge >= 0.3 is 0 Å². The van der Waals surface area contributed by atoms with Crippen LogP contribution < -0.4 is 10.0 Å². The third-order valence-electron chi connectivity index (χ3n) is 2.80. The Balaban J connectivity index is 2.32. The van der Waals surface area contributed by atoms with Crippen LogP contribution in [0.25, 0.3) is 0 Å². The van der Waals surface area contributed by atoms with Gasteiger partial charge in [0.15, 0.2) is 0 Å². The van der Waals surface area contributed by atoms with Crippen molar-refractivity contribution in [3.05, 3.63) is 58.6 Å². The maximum absolute atomic E-state index is 12.2. The van der Waals surface area contributed by atoms with Gasteiger partial charge < -0.3 is 5.32 Å². The summed E-state index contributed by atoms with van der Waals surface area (Å²) < 4.78 is 26.9. The fraction of sp³-hybridized carbons (Fsp3) is 0.0714. The fourth-order valence-corrected chi connectivity index (χ4v) is 2.86. The minimum Gasteiger partial charge on any atom is -0.321 e. The second kappa shape index (κ2) is 6.38. The fourth-order valence-electron chi connectivity index (χ4n) is 1.71. The van der Waals surface area contributed by atoms with E-state index in [9.17, 15) is 13.2 Å². The number of hydrogen-bond acceptors (Lipinski definition) is 3. The summed E-state index contributed by atoms with van der Waals surface area (Å²) in [6, 6.07) is 13.0. The summed E-state index contributed by atoms with van der Waals surface area (Å²) in [4.78, 5) is 12.2. The van der Waals surface area contributed by atoms with Gasteiger partial charge in [-0.2, -0.15) is 0 Å². The minimum absolute atomic E-state index is 0.0259. The van der Waals surface area contributed by atoms with Crippen LogP contribution in [0.4, 0.5) is 5.69 Å². The number of carbonyl (C=O) groups is 1. The molecule has 1 amide bonds. The van der Waals surface area contributed by atoms with Crippen LogP contribution in [-0.4, -0.2) is 21.4 Å². The van der Waals surface area contributed by atoms with Crippen molar-refractivity contribution in [2.75, 3.05) is 12.4 Å². The van der Waals surface area contributed by atoms with Gasteiger partial charge in [-0.1, -0.05) is 28.1 Å². The lowest BCUT2D eigenvalue weighted by Crippen LogP contribution is -2.21. The highest BCUT2D eigenvalue weighted by molar-refractivity contribution is 9.10. The summed E-state index contributed by atoms with van der Waals surface area (Å²) in [5.41, 5.74) is 0.676. The van der Waals surface area contributed by atoms with Crippen LogP contribution in [0.15, 0.2) is 57.9 Å². The van der Waals surface area contributed by atoms with Crippen molar-refractivity contribution in [3.63, 3.8) is 0 Å². The summed E-state index contributed by atoms with van der Waals surface area (Å²) in [6.45, 7) is 0. The number of nitrogens with one attached hydrogen (secondary N) is 2. The highest BCUT2D eigenvalue weighted by Crippen LogP contribution is 2.21. The topological polar surface area (TPSA) is 75.3 Å². The van der Waals surface area contributed by atoms with Crippen molar-refractivity contribution in [2.45, 2.75) is 4.90 Å². The van der Waals surface area contributed by atoms with Crippen molar-refractivity contribution in [3.8, 4) is 0 Å². The van der Waals surface area contributed by atoms with Crippen LogP contribution in [-0.2, 0) is 10.0 Å². The van der Waals surface area contributed by atoms with Gasteiger partial charge in [-0.15, -0.1) is 0 Å². The molecule has 0 aliphatic carbocycles. The first-order chi connectivity index (χ1) is 9.94. The molecule has 0 saturated carbocycles.